The van der Waals surface area contributed by atoms with Crippen LogP contribution in [0.15, 0.2) is 72.9 Å². The van der Waals surface area contributed by atoms with E-state index in [0.29, 0.717) is 15.8 Å². The molecular weight excluding hydrogens is 546 g/mol. The number of nitrogens with zero attached hydrogens (tertiary/aromatic N) is 3. The normalized spacial score (nSPS) is 16.6. The molecule has 5 rings (SSSR count). The number of hydrogen-bond donors (Lipinski definition) is 2. The van der Waals surface area contributed by atoms with E-state index in [1.165, 1.54) is 7.11 Å². The van der Waals surface area contributed by atoms with Gasteiger partial charge in [0.1, 0.15) is 12.4 Å². The molecule has 0 unspecified atom stereocenters. The zero-order valence-electron chi connectivity index (χ0n) is 22.6. The molecule has 0 aliphatic carbocycles. The van der Waals surface area contributed by atoms with E-state index in [1.807, 2.05) is 54.6 Å². The number of anilines is 2. The summed E-state index contributed by atoms with van der Waals surface area (Å²) in [5, 5.41) is 7.23. The van der Waals surface area contributed by atoms with E-state index >= 15 is 0 Å². The molecule has 40 heavy (non-hydrogen) atoms. The molecule has 10 heteroatoms. The van der Waals surface area contributed by atoms with Crippen molar-refractivity contribution in [3.8, 4) is 11.4 Å². The highest BCUT2D eigenvalue weighted by Gasteiger charge is 2.42. The van der Waals surface area contributed by atoms with Crippen LogP contribution in [0.3, 0.4) is 0 Å². The van der Waals surface area contributed by atoms with Gasteiger partial charge in [-0.05, 0) is 92.3 Å². The molecule has 0 saturated carbocycles. The van der Waals surface area contributed by atoms with Crippen molar-refractivity contribution < 1.29 is 14.3 Å². The molecule has 1 fully saturated rings. The number of pyridine rings is 1. The monoisotopic (exact) mass is 575 g/mol. The Kier molecular flexibility index (Phi) is 8.07. The fourth-order valence-corrected chi connectivity index (χ4v) is 5.81. The van der Waals surface area contributed by atoms with Gasteiger partial charge in [-0.1, -0.05) is 17.7 Å². The first-order chi connectivity index (χ1) is 19.3. The maximum Gasteiger partial charge on any atom is 0.250 e. The Morgan fingerprint density at radius 1 is 1.07 bits per heavy atom. The van der Waals surface area contributed by atoms with Crippen LogP contribution in [0.5, 0.6) is 5.75 Å². The van der Waals surface area contributed by atoms with Crippen molar-refractivity contribution in [3.05, 3.63) is 101 Å². The Hall–Kier alpha value is -3.92. The van der Waals surface area contributed by atoms with E-state index in [0.717, 1.165) is 39.8 Å². The first-order valence-corrected chi connectivity index (χ1v) is 13.5. The van der Waals surface area contributed by atoms with Gasteiger partial charge in [-0.3, -0.25) is 9.78 Å². The lowest BCUT2D eigenvalue weighted by molar-refractivity contribution is -0.119. The molecule has 1 aliphatic rings. The average molecular weight is 576 g/mol. The van der Waals surface area contributed by atoms with Gasteiger partial charge in [0, 0.05) is 36.1 Å². The van der Waals surface area contributed by atoms with Gasteiger partial charge in [0.15, 0.2) is 5.11 Å². The van der Waals surface area contributed by atoms with Gasteiger partial charge < -0.3 is 29.6 Å². The number of halogens is 1. The molecule has 3 heterocycles. The summed E-state index contributed by atoms with van der Waals surface area (Å²) in [6, 6.07) is 21.1. The van der Waals surface area contributed by atoms with Crippen LogP contribution in [0.4, 0.5) is 11.4 Å². The van der Waals surface area contributed by atoms with Crippen LogP contribution in [-0.4, -0.2) is 41.4 Å². The SMILES string of the molecule is COCC(=O)Nc1ccc(N2C(=S)N[C@@H](c3ccccn3)[C@H]2c2cc(C)n(-c3ccc(OC)cc3)c2C)cc1Cl. The van der Waals surface area contributed by atoms with Crippen LogP contribution in [0.2, 0.25) is 5.02 Å². The van der Waals surface area contributed by atoms with E-state index in [-0.39, 0.29) is 24.6 Å². The maximum absolute atomic E-state index is 12.1. The van der Waals surface area contributed by atoms with E-state index in [2.05, 4.69) is 45.0 Å². The van der Waals surface area contributed by atoms with Gasteiger partial charge in [0.05, 0.1) is 35.6 Å². The highest BCUT2D eigenvalue weighted by molar-refractivity contribution is 7.80. The molecule has 0 radical (unpaired) electrons. The number of aromatic nitrogens is 2. The van der Waals surface area contributed by atoms with Crippen LogP contribution in [0.1, 0.15) is 34.7 Å². The summed E-state index contributed by atoms with van der Waals surface area (Å²) < 4.78 is 12.5. The number of ether oxygens (including phenoxy) is 2. The van der Waals surface area contributed by atoms with Crippen LogP contribution < -0.4 is 20.3 Å². The first kappa shape index (κ1) is 27.6. The number of hydrogen-bond acceptors (Lipinski definition) is 5. The second-order valence-corrected chi connectivity index (χ2v) is 10.3. The lowest BCUT2D eigenvalue weighted by Crippen LogP contribution is -2.29. The Labute approximate surface area is 243 Å². The van der Waals surface area contributed by atoms with E-state index in [1.54, 1.807) is 19.4 Å². The minimum Gasteiger partial charge on any atom is -0.497 e. The molecule has 4 aromatic rings. The largest absolute Gasteiger partial charge is 0.497 e. The maximum atomic E-state index is 12.1. The summed E-state index contributed by atoms with van der Waals surface area (Å²) in [4.78, 5) is 18.8. The number of benzene rings is 2. The van der Waals surface area contributed by atoms with Crippen molar-refractivity contribution in [1.29, 1.82) is 0 Å². The fourth-order valence-electron chi connectivity index (χ4n) is 5.24. The summed E-state index contributed by atoms with van der Waals surface area (Å²) in [7, 11) is 3.13. The van der Waals surface area contributed by atoms with Crippen molar-refractivity contribution in [1.82, 2.24) is 14.9 Å². The third-order valence-corrected chi connectivity index (χ3v) is 7.63. The van der Waals surface area contributed by atoms with Gasteiger partial charge in [-0.15, -0.1) is 0 Å². The summed E-state index contributed by atoms with van der Waals surface area (Å²) in [5.74, 6) is 0.520. The molecule has 2 atom stereocenters. The second kappa shape index (κ2) is 11.7. The number of thiocarbonyl (C=S) groups is 1. The van der Waals surface area contributed by atoms with Gasteiger partial charge in [0.25, 0.3) is 0 Å². The Bertz CT molecular complexity index is 1540. The van der Waals surface area contributed by atoms with E-state index < -0.39 is 0 Å². The Morgan fingerprint density at radius 3 is 2.48 bits per heavy atom. The number of methoxy groups -OCH3 is 2. The topological polar surface area (TPSA) is 80.7 Å². The molecule has 206 valence electrons. The standard InChI is InChI=1S/C30H30ClN5O3S/c1-18-15-23(19(2)35(18)20-8-11-22(39-4)12-9-20)29-28(26-7-5-6-14-32-26)34-30(40)36(29)21-10-13-25(24(31)16-21)33-27(37)17-38-3/h5-16,28-29H,17H2,1-4H3,(H,33,37)(H,34,40)/t28-,29+/m0/s1. The number of aryl methyl sites for hydroxylation is 1. The van der Waals surface area contributed by atoms with E-state index in [4.69, 9.17) is 33.3 Å². The molecule has 0 spiro atoms. The van der Waals surface area contributed by atoms with Gasteiger partial charge in [0.2, 0.25) is 5.91 Å². The number of nitrogens with one attached hydrogen (secondary N) is 2. The Balaban J connectivity index is 1.59. The molecule has 2 aromatic carbocycles. The molecule has 2 N–H and O–H groups in total. The number of rotatable bonds is 8. The summed E-state index contributed by atoms with van der Waals surface area (Å²) in [6.45, 7) is 4.15. The first-order valence-electron chi connectivity index (χ1n) is 12.7. The number of amides is 1. The third kappa shape index (κ3) is 5.28. The minimum absolute atomic E-state index is 0.0597. The molecule has 1 aliphatic heterocycles. The summed E-state index contributed by atoms with van der Waals surface area (Å²) >= 11 is 12.5. The van der Waals surface area contributed by atoms with Crippen LogP contribution in [0, 0.1) is 13.8 Å². The van der Waals surface area contributed by atoms with Crippen molar-refractivity contribution in [2.45, 2.75) is 25.9 Å². The molecule has 8 nitrogen and oxygen atoms in total. The van der Waals surface area contributed by atoms with Crippen LogP contribution in [0.25, 0.3) is 5.69 Å². The zero-order valence-corrected chi connectivity index (χ0v) is 24.2. The highest BCUT2D eigenvalue weighted by atomic mass is 35.5. The minimum atomic E-state index is -0.283. The van der Waals surface area contributed by atoms with Gasteiger partial charge in [-0.2, -0.15) is 0 Å². The number of carbonyl (C=O) groups is 1. The fraction of sp³-hybridized carbons (Fsp3) is 0.233. The zero-order chi connectivity index (χ0) is 28.4. The summed E-state index contributed by atoms with van der Waals surface area (Å²) in [6.07, 6.45) is 1.79. The van der Waals surface area contributed by atoms with Crippen molar-refractivity contribution >= 4 is 46.2 Å². The molecule has 2 aromatic heterocycles. The quantitative estimate of drug-likeness (QED) is 0.253. The lowest BCUT2D eigenvalue weighted by Gasteiger charge is -2.28. The molecule has 0 bridgehead atoms. The van der Waals surface area contributed by atoms with Gasteiger partial charge >= 0.3 is 0 Å². The van der Waals surface area contributed by atoms with Crippen molar-refractivity contribution in [3.63, 3.8) is 0 Å². The molecule has 1 saturated heterocycles. The predicted octanol–water partition coefficient (Wildman–Crippen LogP) is 5.91. The van der Waals surface area contributed by atoms with Crippen LogP contribution >= 0.6 is 23.8 Å². The third-order valence-electron chi connectivity index (χ3n) is 7.00. The van der Waals surface area contributed by atoms with E-state index in [9.17, 15) is 4.79 Å². The number of carbonyl (C=O) groups excluding carboxylic acids is 1. The van der Waals surface area contributed by atoms with Gasteiger partial charge in [-0.25, -0.2) is 0 Å². The lowest BCUT2D eigenvalue weighted by atomic mass is 9.96. The predicted molar refractivity (Wildman–Crippen MR) is 162 cm³/mol. The molecule has 1 amide bonds. The van der Waals surface area contributed by atoms with Crippen molar-refractivity contribution in [2.24, 2.45) is 0 Å². The second-order valence-electron chi connectivity index (χ2n) is 9.50. The highest BCUT2D eigenvalue weighted by Crippen LogP contribution is 2.44. The molecular formula is C30H30ClN5O3S. The average Bonchev–Trinajstić information content (AvgIpc) is 3.45. The Morgan fingerprint density at radius 2 is 1.82 bits per heavy atom. The summed E-state index contributed by atoms with van der Waals surface area (Å²) in [5.41, 5.74) is 6.48. The smallest absolute Gasteiger partial charge is 0.250 e. The van der Waals surface area contributed by atoms with Crippen LogP contribution in [-0.2, 0) is 9.53 Å². The van der Waals surface area contributed by atoms with Crippen molar-refractivity contribution in [2.75, 3.05) is 31.0 Å².